The van der Waals surface area contributed by atoms with Crippen molar-refractivity contribution in [3.8, 4) is 0 Å². The van der Waals surface area contributed by atoms with Gasteiger partial charge in [0.1, 0.15) is 0 Å². The van der Waals surface area contributed by atoms with Crippen LogP contribution < -0.4 is 0 Å². The molecule has 4 aliphatic rings. The first kappa shape index (κ1) is 15.6. The first-order chi connectivity index (χ1) is 13.2. The topological polar surface area (TPSA) is 0 Å². The van der Waals surface area contributed by atoms with Gasteiger partial charge in [-0.1, -0.05) is 72.8 Å². The third kappa shape index (κ3) is 1.82. The molecule has 27 heavy (non-hydrogen) atoms. The fraction of sp³-hybridized carbons (Fsp3) is 0.0400. The lowest BCUT2D eigenvalue weighted by molar-refractivity contribution is 0.728. The van der Waals surface area contributed by atoms with Crippen molar-refractivity contribution in [1.29, 1.82) is 0 Å². The molecule has 0 bridgehead atoms. The Labute approximate surface area is 169 Å². The summed E-state index contributed by atoms with van der Waals surface area (Å²) in [7, 11) is 0. The summed E-state index contributed by atoms with van der Waals surface area (Å²) in [6.45, 7) is 0. The largest absolute Gasteiger partial charge is 0.146 e. The molecular weight excluding hydrogens is 364 g/mol. The van der Waals surface area contributed by atoms with Crippen molar-refractivity contribution in [1.82, 2.24) is 0 Å². The van der Waals surface area contributed by atoms with Crippen molar-refractivity contribution >= 4 is 48.6 Å². The molecule has 0 atom stereocenters. The van der Waals surface area contributed by atoms with Crippen LogP contribution in [-0.4, -0.2) is 0 Å². The van der Waals surface area contributed by atoms with E-state index in [-0.39, 0.29) is 0 Å². The second-order valence-corrected chi connectivity index (χ2v) is 8.27. The minimum absolute atomic E-state index is 0.432. The van der Waals surface area contributed by atoms with Gasteiger partial charge in [-0.15, -0.1) is 25.3 Å². The monoisotopic (exact) mass is 380 g/mol. The number of fused-ring (bicyclic) bond motifs is 8. The third-order valence-corrected chi connectivity index (χ3v) is 7.04. The highest BCUT2D eigenvalue weighted by Crippen LogP contribution is 2.65. The molecule has 0 heterocycles. The van der Waals surface area contributed by atoms with Gasteiger partial charge in [0.15, 0.2) is 0 Å². The highest BCUT2D eigenvalue weighted by Gasteiger charge is 2.50. The molecule has 0 saturated carbocycles. The number of rotatable bonds is 0. The Bertz CT molecular complexity index is 1130. The fourth-order valence-corrected chi connectivity index (χ4v) is 5.84. The first-order valence-electron chi connectivity index (χ1n) is 9.08. The van der Waals surface area contributed by atoms with Crippen molar-refractivity contribution in [2.24, 2.45) is 5.41 Å². The quantitative estimate of drug-likeness (QED) is 0.473. The van der Waals surface area contributed by atoms with Gasteiger partial charge in [-0.25, -0.2) is 0 Å². The minimum atomic E-state index is -0.432. The Balaban J connectivity index is 1.66. The number of hydrogen-bond donors (Lipinski definition) is 2. The molecule has 0 aliphatic heterocycles. The van der Waals surface area contributed by atoms with Crippen LogP contribution in [0.2, 0.25) is 0 Å². The van der Waals surface area contributed by atoms with Gasteiger partial charge < -0.3 is 0 Å². The fourth-order valence-electron chi connectivity index (χ4n) is 4.88. The lowest BCUT2D eigenvalue weighted by Gasteiger charge is -2.42. The van der Waals surface area contributed by atoms with Crippen LogP contribution in [0.3, 0.4) is 0 Å². The summed E-state index contributed by atoms with van der Waals surface area (Å²) in [6.07, 6.45) is 13.3. The molecule has 0 amide bonds. The highest BCUT2D eigenvalue weighted by molar-refractivity contribution is 7.86. The van der Waals surface area contributed by atoms with E-state index in [1.54, 1.807) is 0 Å². The molecular formula is C25H16S2. The van der Waals surface area contributed by atoms with Crippen LogP contribution in [0.15, 0.2) is 93.8 Å². The molecule has 6 rings (SSSR count). The number of benzene rings is 2. The van der Waals surface area contributed by atoms with Gasteiger partial charge in [0.2, 0.25) is 0 Å². The van der Waals surface area contributed by atoms with Gasteiger partial charge in [0.25, 0.3) is 0 Å². The van der Waals surface area contributed by atoms with E-state index in [1.807, 2.05) is 0 Å². The predicted molar refractivity (Wildman–Crippen MR) is 121 cm³/mol. The molecule has 128 valence electrons. The van der Waals surface area contributed by atoms with Crippen LogP contribution in [0.5, 0.6) is 0 Å². The van der Waals surface area contributed by atoms with Crippen LogP contribution in [0.1, 0.15) is 22.3 Å². The summed E-state index contributed by atoms with van der Waals surface area (Å²) in [5, 5.41) is 0. The zero-order chi connectivity index (χ0) is 18.2. The minimum Gasteiger partial charge on any atom is -0.146 e. The average Bonchev–Trinajstić information content (AvgIpc) is 3.25. The maximum absolute atomic E-state index is 4.99. The molecule has 4 aliphatic carbocycles. The number of hydrogen-bond acceptors (Lipinski definition) is 2. The molecule has 1 spiro atoms. The number of thiol groups is 2. The Morgan fingerprint density at radius 1 is 0.556 bits per heavy atom. The lowest BCUT2D eigenvalue weighted by Crippen LogP contribution is -2.30. The van der Waals surface area contributed by atoms with E-state index in [9.17, 15) is 0 Å². The van der Waals surface area contributed by atoms with Crippen molar-refractivity contribution < 1.29 is 0 Å². The number of allylic oxidation sites excluding steroid dienone is 10. The second-order valence-electron chi connectivity index (χ2n) is 7.31. The van der Waals surface area contributed by atoms with E-state index in [0.717, 1.165) is 9.81 Å². The Morgan fingerprint density at radius 2 is 1.00 bits per heavy atom. The van der Waals surface area contributed by atoms with Crippen LogP contribution in [0.25, 0.3) is 23.3 Å². The first-order valence-corrected chi connectivity index (χ1v) is 9.97. The van der Waals surface area contributed by atoms with Gasteiger partial charge in [-0.05, 0) is 56.7 Å². The van der Waals surface area contributed by atoms with E-state index in [0.29, 0.717) is 0 Å². The van der Waals surface area contributed by atoms with Crippen LogP contribution in [0.4, 0.5) is 0 Å². The Kier molecular flexibility index (Phi) is 3.07. The van der Waals surface area contributed by atoms with E-state index in [1.165, 1.54) is 44.5 Å². The van der Waals surface area contributed by atoms with E-state index in [4.69, 9.17) is 25.3 Å². The summed E-state index contributed by atoms with van der Waals surface area (Å²) in [6, 6.07) is 17.2. The smallest absolute Gasteiger partial charge is 0.0826 e. The average molecular weight is 381 g/mol. The van der Waals surface area contributed by atoms with Gasteiger partial charge in [0.05, 0.1) is 5.41 Å². The molecule has 2 heteroatoms. The van der Waals surface area contributed by atoms with Gasteiger partial charge in [-0.2, -0.15) is 0 Å². The summed E-state index contributed by atoms with van der Waals surface area (Å²) in [5.74, 6) is 0. The highest BCUT2D eigenvalue weighted by atomic mass is 32.1. The lowest BCUT2D eigenvalue weighted by atomic mass is 9.65. The van der Waals surface area contributed by atoms with E-state index in [2.05, 4.69) is 85.0 Å². The Morgan fingerprint density at radius 3 is 1.48 bits per heavy atom. The molecule has 0 saturated heterocycles. The van der Waals surface area contributed by atoms with Crippen molar-refractivity contribution in [2.75, 3.05) is 0 Å². The maximum atomic E-state index is 4.99. The molecule has 0 N–H and O–H groups in total. The normalized spacial score (nSPS) is 20.4. The summed E-state index contributed by atoms with van der Waals surface area (Å²) in [5.41, 5.74) is 9.80. The van der Waals surface area contributed by atoms with Gasteiger partial charge >= 0.3 is 0 Å². The standard InChI is InChI=1S/C25H16S2/c26-23-11-9-19-17-7-3-1-5-15(17)13-21(19)25(23)22-14-16-6-2-4-8-18(16)20(22)10-12-24(25)27/h1-14,26-27H. The van der Waals surface area contributed by atoms with Crippen molar-refractivity contribution in [3.63, 3.8) is 0 Å². The van der Waals surface area contributed by atoms with Crippen molar-refractivity contribution in [2.45, 2.75) is 0 Å². The van der Waals surface area contributed by atoms with Crippen LogP contribution in [0, 0.1) is 5.41 Å². The molecule has 2 aromatic carbocycles. The summed E-state index contributed by atoms with van der Waals surface area (Å²) >= 11 is 9.98. The molecule has 0 radical (unpaired) electrons. The van der Waals surface area contributed by atoms with Gasteiger partial charge in [-0.3, -0.25) is 0 Å². The molecule has 0 aromatic heterocycles. The summed E-state index contributed by atoms with van der Waals surface area (Å²) in [4.78, 5) is 2.05. The molecule has 2 aromatic rings. The molecule has 0 unspecified atom stereocenters. The van der Waals surface area contributed by atoms with E-state index >= 15 is 0 Å². The van der Waals surface area contributed by atoms with Crippen LogP contribution >= 0.6 is 25.3 Å². The van der Waals surface area contributed by atoms with Gasteiger partial charge in [0, 0.05) is 9.81 Å². The predicted octanol–water partition coefficient (Wildman–Crippen LogP) is 6.59. The van der Waals surface area contributed by atoms with E-state index < -0.39 is 5.41 Å². The van der Waals surface area contributed by atoms with Crippen LogP contribution in [-0.2, 0) is 0 Å². The molecule has 0 nitrogen and oxygen atoms in total. The Hall–Kier alpha value is -2.42. The third-order valence-electron chi connectivity index (χ3n) is 6.07. The maximum Gasteiger partial charge on any atom is 0.0826 e. The second kappa shape index (κ2) is 5.31. The zero-order valence-electron chi connectivity index (χ0n) is 14.5. The zero-order valence-corrected chi connectivity index (χ0v) is 16.3. The van der Waals surface area contributed by atoms with Crippen molar-refractivity contribution in [3.05, 3.63) is 116 Å². The molecule has 0 fully saturated rings. The summed E-state index contributed by atoms with van der Waals surface area (Å²) < 4.78 is 0. The SMILES string of the molecule is SC1=CC=C2C(=Cc3ccccc32)C12C(S)=CC=C1C2=Cc2ccccc21.